The second kappa shape index (κ2) is 12.0. The number of hydrogen-bond acceptors (Lipinski definition) is 8. The van der Waals surface area contributed by atoms with Crippen LogP contribution in [0.15, 0.2) is 67.1 Å². The first-order chi connectivity index (χ1) is 21.6. The van der Waals surface area contributed by atoms with Gasteiger partial charge in [-0.3, -0.25) is 4.79 Å². The highest BCUT2D eigenvalue weighted by Gasteiger charge is 2.34. The van der Waals surface area contributed by atoms with Crippen LogP contribution in [-0.4, -0.2) is 82.8 Å². The van der Waals surface area contributed by atoms with Crippen LogP contribution in [0.3, 0.4) is 0 Å². The van der Waals surface area contributed by atoms with Crippen LogP contribution in [0.5, 0.6) is 0 Å². The van der Waals surface area contributed by atoms with Crippen molar-refractivity contribution in [2.75, 3.05) is 39.4 Å². The molecule has 1 aliphatic carbocycles. The van der Waals surface area contributed by atoms with Crippen molar-refractivity contribution in [1.82, 2.24) is 29.5 Å². The van der Waals surface area contributed by atoms with E-state index in [2.05, 4.69) is 44.3 Å². The van der Waals surface area contributed by atoms with Gasteiger partial charge in [0.15, 0.2) is 5.65 Å². The van der Waals surface area contributed by atoms with Crippen molar-refractivity contribution in [3.05, 3.63) is 78.2 Å². The van der Waals surface area contributed by atoms with Crippen LogP contribution in [0.4, 0.5) is 5.82 Å². The van der Waals surface area contributed by atoms with Crippen LogP contribution in [0.2, 0.25) is 0 Å². The van der Waals surface area contributed by atoms with Crippen LogP contribution in [0.25, 0.3) is 27.9 Å². The van der Waals surface area contributed by atoms with E-state index in [0.717, 1.165) is 52.9 Å². The van der Waals surface area contributed by atoms with E-state index in [1.807, 2.05) is 43.6 Å². The van der Waals surface area contributed by atoms with Gasteiger partial charge in [-0.05, 0) is 37.0 Å². The number of amides is 1. The van der Waals surface area contributed by atoms with E-state index in [1.165, 1.54) is 0 Å². The smallest absolute Gasteiger partial charge is 0.257 e. The average Bonchev–Trinajstić information content (AvgIpc) is 3.65. The molecule has 1 aromatic carbocycles. The van der Waals surface area contributed by atoms with Gasteiger partial charge in [0, 0.05) is 63.8 Å². The molecule has 2 fully saturated rings. The first-order valence-electron chi connectivity index (χ1n) is 15.1. The van der Waals surface area contributed by atoms with Gasteiger partial charge in [0.2, 0.25) is 0 Å². The molecule has 0 spiro atoms. The third-order valence-corrected chi connectivity index (χ3v) is 8.98. The molecule has 4 aromatic heterocycles. The number of ether oxygens (including phenoxy) is 3. The van der Waals surface area contributed by atoms with Gasteiger partial charge in [0.1, 0.15) is 23.1 Å². The molecule has 0 radical (unpaired) electrons. The number of hydrogen-bond donors (Lipinski definition) is 1. The highest BCUT2D eigenvalue weighted by Crippen LogP contribution is 2.36. The van der Waals surface area contributed by atoms with Crippen LogP contribution < -0.4 is 10.2 Å². The Hall–Kier alpha value is -4.32. The molecule has 11 heteroatoms. The van der Waals surface area contributed by atoms with E-state index in [9.17, 15) is 4.79 Å². The standard InChI is InChI=1S/C33H37N7O4/c1-38(18-21-8-5-4-6-9-21)30-16-26(36-32-23(17-35-40(30)32)33(41)37-25-11-12-28(25)42-2)24-19-39(31-22(24)10-7-14-34-31)27-13-15-44-20-29(27)43-3/h4-10,14,16-17,19,25,27-29H,11-13,15,18,20H2,1-3H3,(H,37,41)/t25-,27-,28-,29+/m0/s1. The third kappa shape index (κ3) is 5.10. The van der Waals surface area contributed by atoms with Crippen molar-refractivity contribution in [2.45, 2.75) is 50.1 Å². The second-order valence-electron chi connectivity index (χ2n) is 11.6. The molecule has 1 N–H and O–H groups in total. The molecule has 5 aromatic rings. The zero-order valence-electron chi connectivity index (χ0n) is 25.2. The molecule has 4 atom stereocenters. The number of carbonyl (C=O) groups excluding carboxylic acids is 1. The number of fused-ring (bicyclic) bond motifs is 2. The summed E-state index contributed by atoms with van der Waals surface area (Å²) in [5.41, 5.74) is 4.60. The molecule has 1 amide bonds. The van der Waals surface area contributed by atoms with Gasteiger partial charge in [-0.2, -0.15) is 9.61 Å². The van der Waals surface area contributed by atoms with Crippen molar-refractivity contribution >= 4 is 28.4 Å². The fourth-order valence-electron chi connectivity index (χ4n) is 6.40. The molecular weight excluding hydrogens is 558 g/mol. The van der Waals surface area contributed by atoms with E-state index in [1.54, 1.807) is 24.9 Å². The third-order valence-electron chi connectivity index (χ3n) is 8.98. The summed E-state index contributed by atoms with van der Waals surface area (Å²) in [6.45, 7) is 1.84. The number of rotatable bonds is 9. The lowest BCUT2D eigenvalue weighted by molar-refractivity contribution is -0.0592. The zero-order valence-corrected chi connectivity index (χ0v) is 25.2. The van der Waals surface area contributed by atoms with Gasteiger partial charge < -0.3 is 29.0 Å². The lowest BCUT2D eigenvalue weighted by Gasteiger charge is -2.35. The number of methoxy groups -OCH3 is 2. The molecule has 2 aliphatic rings. The molecule has 11 nitrogen and oxygen atoms in total. The normalized spacial score (nSPS) is 21.8. The summed E-state index contributed by atoms with van der Waals surface area (Å²) in [6.07, 6.45) is 8.10. The van der Waals surface area contributed by atoms with Crippen LogP contribution in [0, 0.1) is 0 Å². The van der Waals surface area contributed by atoms with Gasteiger partial charge in [-0.1, -0.05) is 30.3 Å². The van der Waals surface area contributed by atoms with Crippen molar-refractivity contribution in [3.8, 4) is 11.3 Å². The molecule has 44 heavy (non-hydrogen) atoms. The highest BCUT2D eigenvalue weighted by molar-refractivity contribution is 6.01. The minimum atomic E-state index is -0.206. The van der Waals surface area contributed by atoms with Gasteiger partial charge in [-0.25, -0.2) is 9.97 Å². The molecule has 1 saturated heterocycles. The molecule has 1 aliphatic heterocycles. The first kappa shape index (κ1) is 28.5. The number of pyridine rings is 1. The van der Waals surface area contributed by atoms with Gasteiger partial charge in [-0.15, -0.1) is 0 Å². The Morgan fingerprint density at radius 1 is 1.07 bits per heavy atom. The second-order valence-corrected chi connectivity index (χ2v) is 11.6. The quantitative estimate of drug-likeness (QED) is 0.269. The number of aromatic nitrogens is 5. The predicted molar refractivity (Wildman–Crippen MR) is 167 cm³/mol. The first-order valence-corrected chi connectivity index (χ1v) is 15.1. The van der Waals surface area contributed by atoms with Crippen molar-refractivity contribution in [3.63, 3.8) is 0 Å². The maximum Gasteiger partial charge on any atom is 0.257 e. The van der Waals surface area contributed by atoms with E-state index in [4.69, 9.17) is 24.2 Å². The molecule has 0 unspecified atom stereocenters. The summed E-state index contributed by atoms with van der Waals surface area (Å²) in [6, 6.07) is 16.4. The summed E-state index contributed by atoms with van der Waals surface area (Å²) in [7, 11) is 5.43. The Kier molecular flexibility index (Phi) is 7.75. The Bertz CT molecular complexity index is 1780. The summed E-state index contributed by atoms with van der Waals surface area (Å²) >= 11 is 0. The maximum absolute atomic E-state index is 13.6. The Morgan fingerprint density at radius 3 is 2.68 bits per heavy atom. The van der Waals surface area contributed by atoms with E-state index in [-0.39, 0.29) is 30.2 Å². The van der Waals surface area contributed by atoms with Crippen LogP contribution in [-0.2, 0) is 20.8 Å². The minimum Gasteiger partial charge on any atom is -0.379 e. The monoisotopic (exact) mass is 595 g/mol. The van der Waals surface area contributed by atoms with Gasteiger partial charge >= 0.3 is 0 Å². The Labute approximate surface area is 255 Å². The summed E-state index contributed by atoms with van der Waals surface area (Å²) < 4.78 is 21.0. The van der Waals surface area contributed by atoms with Crippen LogP contribution in [0.1, 0.15) is 41.2 Å². The fraction of sp³-hybridized carbons (Fsp3) is 0.394. The lowest BCUT2D eigenvalue weighted by atomic mass is 9.89. The molecule has 228 valence electrons. The largest absolute Gasteiger partial charge is 0.379 e. The number of carbonyl (C=O) groups is 1. The molecular formula is C33H37N7O4. The Balaban J connectivity index is 1.36. The Morgan fingerprint density at radius 2 is 1.91 bits per heavy atom. The number of benzene rings is 1. The molecule has 7 rings (SSSR count). The number of nitrogens with zero attached hydrogens (tertiary/aromatic N) is 6. The van der Waals surface area contributed by atoms with E-state index in [0.29, 0.717) is 31.0 Å². The predicted octanol–water partition coefficient (Wildman–Crippen LogP) is 4.27. The lowest BCUT2D eigenvalue weighted by Crippen LogP contribution is -2.51. The average molecular weight is 596 g/mol. The number of nitrogens with one attached hydrogen (secondary N) is 1. The highest BCUT2D eigenvalue weighted by atomic mass is 16.5. The number of anilines is 1. The molecule has 1 saturated carbocycles. The van der Waals surface area contributed by atoms with Gasteiger partial charge in [0.05, 0.1) is 36.7 Å². The SMILES string of the molecule is CO[C@H]1CC[C@@H]1NC(=O)c1cnn2c(N(C)Cc3ccccc3)cc(-c3cn([C@H]4CCOC[C@H]4OC)c4ncccc34)nc12. The summed E-state index contributed by atoms with van der Waals surface area (Å²) in [5, 5.41) is 8.78. The minimum absolute atomic E-state index is 0.0246. The van der Waals surface area contributed by atoms with Crippen molar-refractivity contribution < 1.29 is 19.0 Å². The van der Waals surface area contributed by atoms with Crippen molar-refractivity contribution in [1.29, 1.82) is 0 Å². The summed E-state index contributed by atoms with van der Waals surface area (Å²) in [4.78, 5) is 25.6. The van der Waals surface area contributed by atoms with Crippen LogP contribution >= 0.6 is 0 Å². The van der Waals surface area contributed by atoms with E-state index < -0.39 is 0 Å². The fourth-order valence-corrected chi connectivity index (χ4v) is 6.40. The zero-order chi connectivity index (χ0) is 30.2. The molecule has 0 bridgehead atoms. The maximum atomic E-state index is 13.6. The van der Waals surface area contributed by atoms with E-state index >= 15 is 0 Å². The van der Waals surface area contributed by atoms with Crippen molar-refractivity contribution in [2.24, 2.45) is 0 Å². The molecule has 5 heterocycles. The topological polar surface area (TPSA) is 108 Å². The van der Waals surface area contributed by atoms with Gasteiger partial charge in [0.25, 0.3) is 5.91 Å². The summed E-state index contributed by atoms with van der Waals surface area (Å²) in [5.74, 6) is 0.610.